The first-order valence-electron chi connectivity index (χ1n) is 5.30. The van der Waals surface area contributed by atoms with Gasteiger partial charge in [-0.25, -0.2) is 21.5 Å². The van der Waals surface area contributed by atoms with E-state index < -0.39 is 26.6 Å². The Morgan fingerprint density at radius 3 is 2.50 bits per heavy atom. The van der Waals surface area contributed by atoms with Crippen LogP contribution in [0.25, 0.3) is 0 Å². The lowest BCUT2D eigenvalue weighted by Gasteiger charge is -2.18. The van der Waals surface area contributed by atoms with Gasteiger partial charge in [-0.15, -0.1) is 0 Å². The Morgan fingerprint density at radius 1 is 1.39 bits per heavy atom. The van der Waals surface area contributed by atoms with Crippen molar-refractivity contribution in [1.82, 2.24) is 4.31 Å². The maximum atomic E-state index is 13.5. The molecule has 0 aliphatic carbocycles. The number of alkyl halides is 1. The molecule has 0 radical (unpaired) electrons. The number of halogens is 3. The zero-order valence-corrected chi connectivity index (χ0v) is 12.4. The van der Waals surface area contributed by atoms with Crippen molar-refractivity contribution in [2.24, 2.45) is 0 Å². The first-order valence-corrected chi connectivity index (χ1v) is 7.66. The summed E-state index contributed by atoms with van der Waals surface area (Å²) in [6.45, 7) is 2.14. The maximum absolute atomic E-state index is 13.5. The van der Waals surface area contributed by atoms with Gasteiger partial charge in [0.15, 0.2) is 0 Å². The molecule has 0 fully saturated rings. The van der Waals surface area contributed by atoms with E-state index in [2.05, 4.69) is 15.9 Å². The van der Waals surface area contributed by atoms with Crippen molar-refractivity contribution in [2.75, 3.05) is 13.6 Å². The van der Waals surface area contributed by atoms with Crippen molar-refractivity contribution in [3.8, 4) is 0 Å². The summed E-state index contributed by atoms with van der Waals surface area (Å²) in [5.41, 5.74) is 0. The van der Waals surface area contributed by atoms with Gasteiger partial charge < -0.3 is 0 Å². The number of sulfonamides is 1. The molecule has 18 heavy (non-hydrogen) atoms. The van der Waals surface area contributed by atoms with Crippen molar-refractivity contribution in [2.45, 2.75) is 23.1 Å². The van der Waals surface area contributed by atoms with Crippen LogP contribution in [0.2, 0.25) is 0 Å². The highest BCUT2D eigenvalue weighted by atomic mass is 79.9. The minimum Gasteiger partial charge on any atom is -0.207 e. The quantitative estimate of drug-likeness (QED) is 0.772. The average Bonchev–Trinajstić information content (AvgIpc) is 2.24. The summed E-state index contributed by atoms with van der Waals surface area (Å²) in [5.74, 6) is -1.88. The van der Waals surface area contributed by atoms with E-state index in [0.717, 1.165) is 16.4 Å². The van der Waals surface area contributed by atoms with Gasteiger partial charge in [0, 0.05) is 24.5 Å². The highest BCUT2D eigenvalue weighted by Crippen LogP contribution is 2.19. The van der Waals surface area contributed by atoms with Crippen LogP contribution in [-0.4, -0.2) is 31.1 Å². The van der Waals surface area contributed by atoms with Crippen LogP contribution in [0.3, 0.4) is 0 Å². The van der Waals surface area contributed by atoms with Crippen LogP contribution < -0.4 is 0 Å². The van der Waals surface area contributed by atoms with Crippen LogP contribution in [0, 0.1) is 11.6 Å². The largest absolute Gasteiger partial charge is 0.245 e. The minimum atomic E-state index is -3.91. The SMILES string of the molecule is CC(Br)CCN(C)S(=O)(=O)c1ccc(F)cc1F. The number of rotatable bonds is 5. The van der Waals surface area contributed by atoms with Crippen molar-refractivity contribution in [3.05, 3.63) is 29.8 Å². The summed E-state index contributed by atoms with van der Waals surface area (Å²) in [4.78, 5) is -0.346. The van der Waals surface area contributed by atoms with Crippen LogP contribution in [0.4, 0.5) is 8.78 Å². The molecule has 1 aromatic carbocycles. The molecule has 0 aromatic heterocycles. The Kier molecular flexibility index (Phi) is 5.24. The first-order chi connectivity index (χ1) is 8.25. The van der Waals surface area contributed by atoms with E-state index in [1.54, 1.807) is 0 Å². The zero-order valence-electron chi connectivity index (χ0n) is 10.0. The van der Waals surface area contributed by atoms with Gasteiger partial charge in [-0.2, -0.15) is 0 Å². The number of benzene rings is 1. The number of hydrogen-bond donors (Lipinski definition) is 0. The van der Waals surface area contributed by atoms with Crippen LogP contribution in [0.15, 0.2) is 23.1 Å². The minimum absolute atomic E-state index is 0.160. The van der Waals surface area contributed by atoms with E-state index in [4.69, 9.17) is 0 Å². The Balaban J connectivity index is 2.98. The Hall–Kier alpha value is -0.530. The van der Waals surface area contributed by atoms with Crippen LogP contribution in [0.5, 0.6) is 0 Å². The summed E-state index contributed by atoms with van der Waals surface area (Å²) in [7, 11) is -2.54. The summed E-state index contributed by atoms with van der Waals surface area (Å²) >= 11 is 3.30. The molecule has 0 heterocycles. The van der Waals surface area contributed by atoms with Gasteiger partial charge in [-0.3, -0.25) is 0 Å². The van der Waals surface area contributed by atoms with E-state index in [1.807, 2.05) is 6.92 Å². The summed E-state index contributed by atoms with van der Waals surface area (Å²) in [5, 5.41) is 0. The van der Waals surface area contributed by atoms with Crippen molar-refractivity contribution in [1.29, 1.82) is 0 Å². The number of hydrogen-bond acceptors (Lipinski definition) is 2. The van der Waals surface area contributed by atoms with Gasteiger partial charge in [0.2, 0.25) is 10.0 Å². The molecule has 0 amide bonds. The Morgan fingerprint density at radius 2 is 2.00 bits per heavy atom. The Bertz CT molecular complexity index is 520. The normalized spacial score (nSPS) is 13.9. The molecule has 0 aliphatic heterocycles. The lowest BCUT2D eigenvalue weighted by atomic mass is 10.3. The molecule has 102 valence electrons. The third kappa shape index (κ3) is 3.73. The molecule has 1 atom stereocenters. The van der Waals surface area contributed by atoms with E-state index in [9.17, 15) is 17.2 Å². The van der Waals surface area contributed by atoms with Gasteiger partial charge in [-0.05, 0) is 18.6 Å². The fourth-order valence-corrected chi connectivity index (χ4v) is 2.76. The van der Waals surface area contributed by atoms with E-state index >= 15 is 0 Å². The second kappa shape index (κ2) is 6.08. The molecule has 0 saturated heterocycles. The van der Waals surface area contributed by atoms with Gasteiger partial charge in [0.05, 0.1) is 0 Å². The van der Waals surface area contributed by atoms with E-state index in [0.29, 0.717) is 12.5 Å². The fourth-order valence-electron chi connectivity index (χ4n) is 1.33. The standard InChI is InChI=1S/C11H14BrF2NO2S/c1-8(12)5-6-15(2)18(16,17)11-4-3-9(13)7-10(11)14/h3-4,7-8H,5-6H2,1-2H3. The van der Waals surface area contributed by atoms with Crippen LogP contribution >= 0.6 is 15.9 Å². The second-order valence-electron chi connectivity index (χ2n) is 3.97. The maximum Gasteiger partial charge on any atom is 0.245 e. The number of nitrogens with zero attached hydrogens (tertiary/aromatic N) is 1. The molecular formula is C11H14BrF2NO2S. The monoisotopic (exact) mass is 341 g/mol. The highest BCUT2D eigenvalue weighted by Gasteiger charge is 2.24. The fraction of sp³-hybridized carbons (Fsp3) is 0.455. The predicted molar refractivity (Wildman–Crippen MR) is 69.2 cm³/mol. The molecule has 1 rings (SSSR count). The molecule has 1 aromatic rings. The first kappa shape index (κ1) is 15.5. The van der Waals surface area contributed by atoms with Crippen LogP contribution in [0.1, 0.15) is 13.3 Å². The zero-order chi connectivity index (χ0) is 13.9. The highest BCUT2D eigenvalue weighted by molar-refractivity contribution is 9.09. The molecule has 3 nitrogen and oxygen atoms in total. The van der Waals surface area contributed by atoms with Gasteiger partial charge >= 0.3 is 0 Å². The van der Waals surface area contributed by atoms with Gasteiger partial charge in [0.25, 0.3) is 0 Å². The molecule has 0 aliphatic rings. The van der Waals surface area contributed by atoms with Gasteiger partial charge in [-0.1, -0.05) is 22.9 Å². The van der Waals surface area contributed by atoms with E-state index in [1.165, 1.54) is 7.05 Å². The van der Waals surface area contributed by atoms with Crippen molar-refractivity contribution < 1.29 is 17.2 Å². The molecule has 1 unspecified atom stereocenters. The van der Waals surface area contributed by atoms with Gasteiger partial charge in [0.1, 0.15) is 16.5 Å². The molecule has 7 heteroatoms. The molecule has 0 spiro atoms. The average molecular weight is 342 g/mol. The third-order valence-electron chi connectivity index (χ3n) is 2.42. The summed E-state index contributed by atoms with van der Waals surface area (Å²) in [6.07, 6.45) is 0.596. The Labute approximate surface area is 114 Å². The second-order valence-corrected chi connectivity index (χ2v) is 7.55. The molecule has 0 bridgehead atoms. The predicted octanol–water partition coefficient (Wildman–Crippen LogP) is 2.76. The smallest absolute Gasteiger partial charge is 0.207 e. The van der Waals surface area contributed by atoms with Crippen molar-refractivity contribution in [3.63, 3.8) is 0 Å². The van der Waals surface area contributed by atoms with Crippen molar-refractivity contribution >= 4 is 26.0 Å². The van der Waals surface area contributed by atoms with E-state index in [-0.39, 0.29) is 11.4 Å². The molecule has 0 N–H and O–H groups in total. The summed E-state index contributed by atoms with van der Waals surface area (Å²) in [6, 6.07) is 2.43. The van der Waals surface area contributed by atoms with Crippen LogP contribution in [-0.2, 0) is 10.0 Å². The third-order valence-corrected chi connectivity index (χ3v) is 4.77. The summed E-state index contributed by atoms with van der Waals surface area (Å²) < 4.78 is 51.3. The topological polar surface area (TPSA) is 37.4 Å². The lowest BCUT2D eigenvalue weighted by molar-refractivity contribution is 0.455. The molecule has 0 saturated carbocycles. The lowest BCUT2D eigenvalue weighted by Crippen LogP contribution is -2.29. The molecular weight excluding hydrogens is 328 g/mol.